The molecule has 1 N–H and O–H groups in total. The van der Waals surface area contributed by atoms with E-state index in [9.17, 15) is 4.79 Å². The first-order valence-electron chi connectivity index (χ1n) is 5.25. The average Bonchev–Trinajstić information content (AvgIpc) is 2.84. The van der Waals surface area contributed by atoms with Gasteiger partial charge in [-0.15, -0.1) is 11.3 Å². The van der Waals surface area contributed by atoms with Crippen molar-refractivity contribution in [2.45, 2.75) is 20.4 Å². The number of hydrogen-bond acceptors (Lipinski definition) is 4. The van der Waals surface area contributed by atoms with E-state index in [4.69, 9.17) is 0 Å². The van der Waals surface area contributed by atoms with Crippen molar-refractivity contribution in [3.63, 3.8) is 0 Å². The zero-order valence-corrected chi connectivity index (χ0v) is 10.8. The van der Waals surface area contributed by atoms with E-state index in [2.05, 4.69) is 15.4 Å². The van der Waals surface area contributed by atoms with Gasteiger partial charge in [-0.2, -0.15) is 5.10 Å². The summed E-state index contributed by atoms with van der Waals surface area (Å²) >= 11 is 1.55. The van der Waals surface area contributed by atoms with Crippen molar-refractivity contribution in [1.29, 1.82) is 0 Å². The number of thiazole rings is 1. The summed E-state index contributed by atoms with van der Waals surface area (Å²) in [7, 11) is 1.82. The second-order valence-corrected chi connectivity index (χ2v) is 4.78. The molecule has 0 atom stereocenters. The van der Waals surface area contributed by atoms with E-state index in [0.29, 0.717) is 12.1 Å². The molecule has 0 saturated heterocycles. The Morgan fingerprint density at radius 3 is 2.82 bits per heavy atom. The van der Waals surface area contributed by atoms with Gasteiger partial charge in [0, 0.05) is 23.8 Å². The minimum atomic E-state index is -0.108. The third kappa shape index (κ3) is 2.52. The smallest absolute Gasteiger partial charge is 0.255 e. The Balaban J connectivity index is 2.00. The number of rotatable bonds is 3. The lowest BCUT2D eigenvalue weighted by molar-refractivity contribution is 0.0950. The van der Waals surface area contributed by atoms with Crippen LogP contribution in [0.25, 0.3) is 0 Å². The summed E-state index contributed by atoms with van der Waals surface area (Å²) in [4.78, 5) is 16.2. The summed E-state index contributed by atoms with van der Waals surface area (Å²) < 4.78 is 1.68. The van der Waals surface area contributed by atoms with Crippen LogP contribution in [0.4, 0.5) is 0 Å². The van der Waals surface area contributed by atoms with Gasteiger partial charge in [0.25, 0.3) is 5.91 Å². The van der Waals surface area contributed by atoms with Gasteiger partial charge in [-0.1, -0.05) is 0 Å². The minimum Gasteiger partial charge on any atom is -0.345 e. The summed E-state index contributed by atoms with van der Waals surface area (Å²) in [5.41, 5.74) is 2.45. The first-order chi connectivity index (χ1) is 8.08. The minimum absolute atomic E-state index is 0.108. The van der Waals surface area contributed by atoms with Crippen LogP contribution in [0.3, 0.4) is 0 Å². The molecule has 0 bridgehead atoms. The zero-order chi connectivity index (χ0) is 12.4. The van der Waals surface area contributed by atoms with Crippen LogP contribution < -0.4 is 5.32 Å². The first kappa shape index (κ1) is 11.8. The number of amides is 1. The summed E-state index contributed by atoms with van der Waals surface area (Å²) in [6.45, 7) is 4.27. The molecule has 2 aromatic rings. The van der Waals surface area contributed by atoms with Crippen molar-refractivity contribution in [2.24, 2.45) is 7.05 Å². The van der Waals surface area contributed by atoms with Crippen molar-refractivity contribution < 1.29 is 4.79 Å². The number of aryl methyl sites for hydroxylation is 2. The molecule has 0 unspecified atom stereocenters. The van der Waals surface area contributed by atoms with E-state index >= 15 is 0 Å². The summed E-state index contributed by atoms with van der Waals surface area (Å²) in [6, 6.07) is 0. The molecule has 0 saturated carbocycles. The van der Waals surface area contributed by atoms with Gasteiger partial charge in [0.1, 0.15) is 5.01 Å². The molecule has 0 aliphatic rings. The summed E-state index contributed by atoms with van der Waals surface area (Å²) in [5, 5.41) is 9.76. The number of carbonyl (C=O) groups excluding carboxylic acids is 1. The quantitative estimate of drug-likeness (QED) is 0.896. The van der Waals surface area contributed by atoms with E-state index in [-0.39, 0.29) is 5.91 Å². The van der Waals surface area contributed by atoms with Crippen LogP contribution in [-0.2, 0) is 13.6 Å². The molecule has 0 aliphatic carbocycles. The van der Waals surface area contributed by atoms with Gasteiger partial charge < -0.3 is 5.32 Å². The highest BCUT2D eigenvalue weighted by Gasteiger charge is 2.12. The standard InChI is InChI=1S/C11H14N4OS/c1-7-6-17-10(14-7)5-12-11(16)9-4-13-15(3)8(9)2/h4,6H,5H2,1-3H3,(H,12,16). The van der Waals surface area contributed by atoms with Crippen molar-refractivity contribution in [1.82, 2.24) is 20.1 Å². The molecular formula is C11H14N4OS. The molecule has 0 fully saturated rings. The van der Waals surface area contributed by atoms with Crippen LogP contribution in [0.2, 0.25) is 0 Å². The molecular weight excluding hydrogens is 236 g/mol. The topological polar surface area (TPSA) is 59.8 Å². The summed E-state index contributed by atoms with van der Waals surface area (Å²) in [6.07, 6.45) is 1.58. The Morgan fingerprint density at radius 2 is 2.29 bits per heavy atom. The van der Waals surface area contributed by atoms with E-state index in [1.807, 2.05) is 26.3 Å². The maximum Gasteiger partial charge on any atom is 0.255 e. The van der Waals surface area contributed by atoms with Crippen LogP contribution in [0.5, 0.6) is 0 Å². The molecule has 0 radical (unpaired) electrons. The van der Waals surface area contributed by atoms with E-state index in [1.165, 1.54) is 0 Å². The highest BCUT2D eigenvalue weighted by atomic mass is 32.1. The van der Waals surface area contributed by atoms with Gasteiger partial charge >= 0.3 is 0 Å². The van der Waals surface area contributed by atoms with Crippen LogP contribution in [-0.4, -0.2) is 20.7 Å². The van der Waals surface area contributed by atoms with Gasteiger partial charge in [0.15, 0.2) is 0 Å². The third-order valence-corrected chi connectivity index (χ3v) is 3.51. The van der Waals surface area contributed by atoms with Crippen LogP contribution in [0, 0.1) is 13.8 Å². The van der Waals surface area contributed by atoms with Crippen LogP contribution in [0.15, 0.2) is 11.6 Å². The van der Waals surface area contributed by atoms with Crippen LogP contribution in [0.1, 0.15) is 26.8 Å². The van der Waals surface area contributed by atoms with Crippen molar-refractivity contribution in [2.75, 3.05) is 0 Å². The maximum absolute atomic E-state index is 11.9. The number of carbonyl (C=O) groups is 1. The van der Waals surface area contributed by atoms with Crippen molar-refractivity contribution in [3.05, 3.63) is 33.5 Å². The average molecular weight is 250 g/mol. The fraction of sp³-hybridized carbons (Fsp3) is 0.364. The highest BCUT2D eigenvalue weighted by molar-refractivity contribution is 7.09. The number of nitrogens with one attached hydrogen (secondary N) is 1. The highest BCUT2D eigenvalue weighted by Crippen LogP contribution is 2.09. The second-order valence-electron chi connectivity index (χ2n) is 3.83. The normalized spacial score (nSPS) is 10.5. The molecule has 6 heteroatoms. The lowest BCUT2D eigenvalue weighted by Crippen LogP contribution is -2.23. The predicted octanol–water partition coefficient (Wildman–Crippen LogP) is 1.42. The molecule has 0 aliphatic heterocycles. The molecule has 2 aromatic heterocycles. The van der Waals surface area contributed by atoms with E-state index in [0.717, 1.165) is 16.4 Å². The SMILES string of the molecule is Cc1csc(CNC(=O)c2cnn(C)c2C)n1. The molecule has 0 spiro atoms. The Labute approximate surface area is 103 Å². The lowest BCUT2D eigenvalue weighted by atomic mass is 10.2. The Morgan fingerprint density at radius 1 is 1.53 bits per heavy atom. The Bertz CT molecular complexity index is 543. The van der Waals surface area contributed by atoms with Gasteiger partial charge in [-0.3, -0.25) is 9.48 Å². The molecule has 2 heterocycles. The van der Waals surface area contributed by atoms with Crippen LogP contribution >= 0.6 is 11.3 Å². The largest absolute Gasteiger partial charge is 0.345 e. The van der Waals surface area contributed by atoms with E-state index in [1.54, 1.807) is 22.2 Å². The molecule has 90 valence electrons. The van der Waals surface area contributed by atoms with E-state index < -0.39 is 0 Å². The second kappa shape index (κ2) is 4.67. The fourth-order valence-electron chi connectivity index (χ4n) is 1.46. The number of aromatic nitrogens is 3. The Kier molecular flexibility index (Phi) is 3.23. The number of nitrogens with zero attached hydrogens (tertiary/aromatic N) is 3. The molecule has 1 amide bonds. The lowest BCUT2D eigenvalue weighted by Gasteiger charge is -2.02. The van der Waals surface area contributed by atoms with Crippen molar-refractivity contribution in [3.8, 4) is 0 Å². The van der Waals surface area contributed by atoms with Gasteiger partial charge in [0.2, 0.25) is 0 Å². The number of hydrogen-bond donors (Lipinski definition) is 1. The first-order valence-corrected chi connectivity index (χ1v) is 6.13. The third-order valence-electron chi connectivity index (χ3n) is 2.55. The van der Waals surface area contributed by atoms with Gasteiger partial charge in [-0.25, -0.2) is 4.98 Å². The van der Waals surface area contributed by atoms with Gasteiger partial charge in [-0.05, 0) is 13.8 Å². The molecule has 0 aromatic carbocycles. The molecule has 2 rings (SSSR count). The fourth-order valence-corrected chi connectivity index (χ4v) is 2.17. The summed E-state index contributed by atoms with van der Waals surface area (Å²) in [5.74, 6) is -0.108. The van der Waals surface area contributed by atoms with Crippen molar-refractivity contribution >= 4 is 17.2 Å². The molecule has 5 nitrogen and oxygen atoms in total. The Hall–Kier alpha value is -1.69. The molecule has 17 heavy (non-hydrogen) atoms. The predicted molar refractivity (Wildman–Crippen MR) is 66.0 cm³/mol. The van der Waals surface area contributed by atoms with Gasteiger partial charge in [0.05, 0.1) is 18.3 Å². The monoisotopic (exact) mass is 250 g/mol. The zero-order valence-electron chi connectivity index (χ0n) is 10.0. The maximum atomic E-state index is 11.9.